The molecule has 2 amide bonds. The van der Waals surface area contributed by atoms with Crippen molar-refractivity contribution >= 4 is 47.0 Å². The minimum absolute atomic E-state index is 0.0763. The summed E-state index contributed by atoms with van der Waals surface area (Å²) < 4.78 is 50.9. The van der Waals surface area contributed by atoms with Crippen LogP contribution < -0.4 is 10.6 Å². The molecule has 6 aromatic rings. The van der Waals surface area contributed by atoms with Crippen LogP contribution in [0.2, 0.25) is 10.0 Å². The molecule has 0 saturated heterocycles. The molecule has 0 aliphatic carbocycles. The molecule has 2 heterocycles. The van der Waals surface area contributed by atoms with E-state index in [4.69, 9.17) is 32.0 Å². The zero-order valence-corrected chi connectivity index (χ0v) is 32.0. The van der Waals surface area contributed by atoms with Crippen LogP contribution in [0.4, 0.5) is 13.2 Å². The molecule has 2 aromatic heterocycles. The van der Waals surface area contributed by atoms with Crippen LogP contribution in [0.25, 0.3) is 22.9 Å². The molecular weight excluding hydrogens is 804 g/mol. The fourth-order valence-electron chi connectivity index (χ4n) is 5.73. The molecule has 12 nitrogen and oxygen atoms in total. The highest BCUT2D eigenvalue weighted by Crippen LogP contribution is 2.36. The Kier molecular flexibility index (Phi) is 13.7. The van der Waals surface area contributed by atoms with E-state index < -0.39 is 59.9 Å². The first-order valence-corrected chi connectivity index (χ1v) is 18.0. The Morgan fingerprint density at radius 1 is 0.655 bits per heavy atom. The number of halogens is 5. The van der Waals surface area contributed by atoms with Crippen LogP contribution in [0.1, 0.15) is 74.1 Å². The number of nitrogens with one attached hydrogen (secondary N) is 2. The molecule has 0 aliphatic heterocycles. The highest BCUT2D eigenvalue weighted by Gasteiger charge is 2.42. The van der Waals surface area contributed by atoms with Gasteiger partial charge in [-0.2, -0.15) is 13.2 Å². The quantitative estimate of drug-likeness (QED) is 0.0926. The second-order valence-electron chi connectivity index (χ2n) is 12.6. The lowest BCUT2D eigenvalue weighted by Crippen LogP contribution is -2.32. The number of rotatable bonds is 12. The number of aliphatic carboxylic acids is 2. The van der Waals surface area contributed by atoms with Gasteiger partial charge in [0.05, 0.1) is 35.0 Å². The summed E-state index contributed by atoms with van der Waals surface area (Å²) in [5.41, 5.74) is 1.69. The number of carboxylic acid groups (broad SMARTS) is 2. The molecule has 0 unspecified atom stereocenters. The highest BCUT2D eigenvalue weighted by molar-refractivity contribution is 6.42. The van der Waals surface area contributed by atoms with Crippen LogP contribution >= 0.6 is 23.2 Å². The van der Waals surface area contributed by atoms with Crippen molar-refractivity contribution in [1.29, 1.82) is 0 Å². The van der Waals surface area contributed by atoms with Gasteiger partial charge in [-0.25, -0.2) is 9.97 Å². The van der Waals surface area contributed by atoms with E-state index in [1.165, 1.54) is 12.1 Å². The van der Waals surface area contributed by atoms with Crippen molar-refractivity contribution in [3.63, 3.8) is 0 Å². The van der Waals surface area contributed by atoms with E-state index in [0.717, 1.165) is 5.56 Å². The molecule has 0 spiro atoms. The Bertz CT molecular complexity index is 2420. The van der Waals surface area contributed by atoms with Crippen LogP contribution in [0.3, 0.4) is 0 Å². The minimum atomic E-state index is -4.96. The van der Waals surface area contributed by atoms with Gasteiger partial charge in [0, 0.05) is 11.1 Å². The summed E-state index contributed by atoms with van der Waals surface area (Å²) in [6.07, 6.45) is -5.84. The zero-order valence-electron chi connectivity index (χ0n) is 30.5. The highest BCUT2D eigenvalue weighted by atomic mass is 35.5. The summed E-state index contributed by atoms with van der Waals surface area (Å²) in [5.74, 6) is -5.33. The maximum atomic E-state index is 13.5. The van der Waals surface area contributed by atoms with Crippen LogP contribution in [0.5, 0.6) is 0 Å². The van der Waals surface area contributed by atoms with Gasteiger partial charge < -0.3 is 29.7 Å². The predicted octanol–water partition coefficient (Wildman–Crippen LogP) is 9.52. The summed E-state index contributed by atoms with van der Waals surface area (Å²) in [7, 11) is 0. The molecule has 6 rings (SSSR count). The Morgan fingerprint density at radius 3 is 1.66 bits per heavy atom. The number of hydrogen-bond donors (Lipinski definition) is 4. The summed E-state index contributed by atoms with van der Waals surface area (Å²) in [5, 5.41) is 23.9. The van der Waals surface area contributed by atoms with Crippen molar-refractivity contribution in [3.8, 4) is 22.9 Å². The maximum absolute atomic E-state index is 13.5. The molecular formula is C41H33Cl2F3N4O8. The van der Waals surface area contributed by atoms with E-state index in [-0.39, 0.29) is 33.6 Å². The third-order valence-electron chi connectivity index (χ3n) is 8.44. The summed E-state index contributed by atoms with van der Waals surface area (Å²) in [6.45, 7) is 3.33. The number of amides is 2. The third-order valence-corrected chi connectivity index (χ3v) is 9.28. The number of alkyl halides is 3. The number of nitrogens with zero attached hydrogens (tertiary/aromatic N) is 2. The average molecular weight is 838 g/mol. The van der Waals surface area contributed by atoms with Crippen molar-refractivity contribution in [3.05, 3.63) is 153 Å². The molecule has 58 heavy (non-hydrogen) atoms. The molecule has 0 saturated carbocycles. The number of aromatic nitrogens is 2. The Labute approximate surface area is 338 Å². The first-order valence-electron chi connectivity index (χ1n) is 17.2. The van der Waals surface area contributed by atoms with Crippen molar-refractivity contribution in [2.75, 3.05) is 0 Å². The van der Waals surface area contributed by atoms with Crippen molar-refractivity contribution in [2.24, 2.45) is 0 Å². The number of oxazole rings is 2. The minimum Gasteiger partial charge on any atom is -0.481 e. The first kappa shape index (κ1) is 42.7. The fourth-order valence-corrected chi connectivity index (χ4v) is 6.17. The number of aryl methyl sites for hydroxylation is 2. The summed E-state index contributed by atoms with van der Waals surface area (Å²) in [4.78, 5) is 56.0. The van der Waals surface area contributed by atoms with E-state index in [9.17, 15) is 42.6 Å². The number of benzene rings is 4. The smallest absolute Gasteiger partial charge is 0.452 e. The number of carboxylic acids is 2. The molecule has 4 N–H and O–H groups in total. The third kappa shape index (κ3) is 10.7. The lowest BCUT2D eigenvalue weighted by atomic mass is 9.98. The first-order chi connectivity index (χ1) is 27.5. The largest absolute Gasteiger partial charge is 0.481 e. The van der Waals surface area contributed by atoms with Crippen LogP contribution in [0, 0.1) is 13.8 Å². The lowest BCUT2D eigenvalue weighted by Gasteiger charge is -2.19. The molecule has 300 valence electrons. The van der Waals surface area contributed by atoms with E-state index in [1.807, 2.05) is 30.3 Å². The van der Waals surface area contributed by atoms with E-state index in [2.05, 4.69) is 20.6 Å². The number of carbonyl (C=O) groups excluding carboxylic acids is 2. The molecule has 2 atom stereocenters. The number of carbonyl (C=O) groups is 4. The van der Waals surface area contributed by atoms with Crippen molar-refractivity contribution in [1.82, 2.24) is 20.6 Å². The average Bonchev–Trinajstić information content (AvgIpc) is 3.82. The van der Waals surface area contributed by atoms with Crippen LogP contribution in [0.15, 0.2) is 112 Å². The van der Waals surface area contributed by atoms with Gasteiger partial charge in [0.15, 0.2) is 11.4 Å². The van der Waals surface area contributed by atoms with Gasteiger partial charge in [0.1, 0.15) is 5.76 Å². The standard InChI is InChI=1S/C21H17F3N2O4.C20H16Cl2N2O4/c1-12-7-5-6-10-14(12)15(11-16(27)28)25-19(29)17-18(21(22,23)24)30-20(26-17)13-8-3-2-4-9-13;1-11-18(24-20(28-11)12-6-3-2-4-7-12)19(27)23-15(10-16(25)26)13-8-5-9-14(21)17(13)22/h2-10,15H,11H2,1H3,(H,25,29)(H,27,28);2-9,15H,10H2,1H3,(H,23,27)(H,25,26)/t2*15-/m00/s1. The summed E-state index contributed by atoms with van der Waals surface area (Å²) in [6, 6.07) is 26.6. The topological polar surface area (TPSA) is 185 Å². The predicted molar refractivity (Wildman–Crippen MR) is 206 cm³/mol. The van der Waals surface area contributed by atoms with Gasteiger partial charge in [-0.15, -0.1) is 0 Å². The molecule has 4 aromatic carbocycles. The van der Waals surface area contributed by atoms with E-state index in [0.29, 0.717) is 28.3 Å². The van der Waals surface area contributed by atoms with Gasteiger partial charge in [-0.3, -0.25) is 19.2 Å². The molecule has 0 fully saturated rings. The Morgan fingerprint density at radius 2 is 1.12 bits per heavy atom. The van der Waals surface area contributed by atoms with E-state index in [1.54, 1.807) is 74.5 Å². The van der Waals surface area contributed by atoms with Crippen molar-refractivity contribution in [2.45, 2.75) is 44.9 Å². The van der Waals surface area contributed by atoms with Gasteiger partial charge in [-0.05, 0) is 60.9 Å². The van der Waals surface area contributed by atoms with Gasteiger partial charge in [-0.1, -0.05) is 96.0 Å². The second kappa shape index (κ2) is 18.7. The molecule has 17 heteroatoms. The van der Waals surface area contributed by atoms with Crippen molar-refractivity contribution < 1.29 is 51.4 Å². The van der Waals surface area contributed by atoms with Crippen LogP contribution in [-0.4, -0.2) is 43.9 Å². The zero-order chi connectivity index (χ0) is 42.1. The van der Waals surface area contributed by atoms with Gasteiger partial charge in [0.2, 0.25) is 17.5 Å². The SMILES string of the molecule is Cc1ccccc1[C@H](CC(=O)O)NC(=O)c1nc(-c2ccccc2)oc1C(F)(F)F.Cc1oc(-c2ccccc2)nc1C(=O)N[C@@H](CC(=O)O)c1cccc(Cl)c1Cl. The monoisotopic (exact) mass is 836 g/mol. The second-order valence-corrected chi connectivity index (χ2v) is 13.4. The number of hydrogen-bond acceptors (Lipinski definition) is 8. The van der Waals surface area contributed by atoms with Gasteiger partial charge in [0.25, 0.3) is 11.8 Å². The lowest BCUT2D eigenvalue weighted by molar-refractivity contribution is -0.153. The molecule has 0 bridgehead atoms. The fraction of sp³-hybridized carbons (Fsp3) is 0.171. The molecule has 0 radical (unpaired) electrons. The van der Waals surface area contributed by atoms with E-state index >= 15 is 0 Å². The summed E-state index contributed by atoms with van der Waals surface area (Å²) >= 11 is 12.2. The Balaban J connectivity index is 0.000000221. The normalized spacial score (nSPS) is 12.1. The van der Waals surface area contributed by atoms with Gasteiger partial charge >= 0.3 is 18.1 Å². The molecule has 0 aliphatic rings. The Hall–Kier alpha value is -6.45. The van der Waals surface area contributed by atoms with Crippen LogP contribution in [-0.2, 0) is 15.8 Å². The maximum Gasteiger partial charge on any atom is 0.452 e.